The van der Waals surface area contributed by atoms with Gasteiger partial charge in [-0.05, 0) is 42.8 Å². The highest BCUT2D eigenvalue weighted by Gasteiger charge is 2.36. The molecule has 1 amide bonds. The van der Waals surface area contributed by atoms with Gasteiger partial charge >= 0.3 is 6.09 Å². The number of ether oxygens (including phenoxy) is 1. The van der Waals surface area contributed by atoms with E-state index in [-0.39, 0.29) is 11.7 Å². The molecule has 1 fully saturated rings. The van der Waals surface area contributed by atoms with Gasteiger partial charge in [0.15, 0.2) is 0 Å². The van der Waals surface area contributed by atoms with Crippen LogP contribution in [0.2, 0.25) is 5.02 Å². The smallest absolute Gasteiger partial charge is 0.437 e. The van der Waals surface area contributed by atoms with Crippen molar-refractivity contribution in [2.45, 2.75) is 32.4 Å². The number of aliphatic imine (C=N–C) groups is 1. The van der Waals surface area contributed by atoms with Crippen molar-refractivity contribution in [3.63, 3.8) is 0 Å². The molecule has 134 valence electrons. The maximum atomic E-state index is 12.4. The average Bonchev–Trinajstić information content (AvgIpc) is 2.71. The lowest BCUT2D eigenvalue weighted by Crippen LogP contribution is -2.52. The Bertz CT molecular complexity index is 786. The standard InChI is InChI=1S/C13H17BrClN3O4S2/c1-13(2,3)22-12(19)17-11-16-8(6-24(20,21)18(11)4)10-7(15)5-9(14)23-10/h5,8H,6H2,1-4H3,(H,16,17,19)/t8-/m0/s1. The van der Waals surface area contributed by atoms with Gasteiger partial charge in [0.2, 0.25) is 16.0 Å². The van der Waals surface area contributed by atoms with Gasteiger partial charge in [-0.1, -0.05) is 11.6 Å². The molecular formula is C13H17BrClN3O4S2. The van der Waals surface area contributed by atoms with E-state index in [1.165, 1.54) is 18.4 Å². The Kier molecular flexibility index (Phi) is 5.53. The third-order valence-electron chi connectivity index (χ3n) is 2.99. The van der Waals surface area contributed by atoms with Crippen LogP contribution in [-0.2, 0) is 14.8 Å². The summed E-state index contributed by atoms with van der Waals surface area (Å²) in [7, 11) is -2.31. The van der Waals surface area contributed by atoms with E-state index in [4.69, 9.17) is 16.3 Å². The number of thiophene rings is 1. The number of hydrogen-bond donors (Lipinski definition) is 1. The van der Waals surface area contributed by atoms with Gasteiger partial charge in [-0.15, -0.1) is 16.3 Å². The number of nitrogens with zero attached hydrogens (tertiary/aromatic N) is 2. The molecule has 24 heavy (non-hydrogen) atoms. The number of guanidine groups is 1. The minimum absolute atomic E-state index is 0.0962. The van der Waals surface area contributed by atoms with Gasteiger partial charge in [-0.25, -0.2) is 17.5 Å². The highest BCUT2D eigenvalue weighted by atomic mass is 79.9. The summed E-state index contributed by atoms with van der Waals surface area (Å²) in [5.74, 6) is -0.287. The van der Waals surface area contributed by atoms with E-state index in [1.807, 2.05) is 0 Å². The summed E-state index contributed by atoms with van der Waals surface area (Å²) < 4.78 is 31.6. The predicted octanol–water partition coefficient (Wildman–Crippen LogP) is 3.36. The van der Waals surface area contributed by atoms with Crippen molar-refractivity contribution in [3.8, 4) is 0 Å². The van der Waals surface area contributed by atoms with Crippen LogP contribution in [0.4, 0.5) is 4.79 Å². The van der Waals surface area contributed by atoms with Gasteiger partial charge in [-0.2, -0.15) is 0 Å². The van der Waals surface area contributed by atoms with Crippen LogP contribution in [0.15, 0.2) is 14.8 Å². The number of rotatable bonds is 1. The summed E-state index contributed by atoms with van der Waals surface area (Å²) in [4.78, 5) is 16.3. The van der Waals surface area contributed by atoms with Crippen molar-refractivity contribution >= 4 is 60.9 Å². The Balaban J connectivity index is 2.34. The zero-order valence-corrected chi connectivity index (χ0v) is 17.4. The Morgan fingerprint density at radius 2 is 2.17 bits per heavy atom. The Labute approximate surface area is 158 Å². The highest BCUT2D eigenvalue weighted by Crippen LogP contribution is 2.37. The van der Waals surface area contributed by atoms with Crippen molar-refractivity contribution in [3.05, 3.63) is 19.8 Å². The number of halogens is 2. The molecule has 1 N–H and O–H groups in total. The molecule has 1 aromatic rings. The number of nitrogens with one attached hydrogen (secondary N) is 1. The summed E-state index contributed by atoms with van der Waals surface area (Å²) in [5.41, 5.74) is -0.728. The zero-order chi connectivity index (χ0) is 18.3. The molecule has 0 aromatic carbocycles. The SMILES string of the molecule is CN1/C(=N\C(=O)OC(C)(C)C)N[C@H](c2sc(Br)cc2Cl)CS1(=O)=O. The molecule has 11 heteroatoms. The van der Waals surface area contributed by atoms with E-state index in [9.17, 15) is 13.2 Å². The first-order valence-corrected chi connectivity index (χ1v) is 10.5. The topological polar surface area (TPSA) is 88.1 Å². The van der Waals surface area contributed by atoms with E-state index < -0.39 is 27.8 Å². The van der Waals surface area contributed by atoms with Crippen molar-refractivity contribution < 1.29 is 17.9 Å². The Morgan fingerprint density at radius 3 is 2.67 bits per heavy atom. The third-order valence-corrected chi connectivity index (χ3v) is 6.92. The first-order valence-electron chi connectivity index (χ1n) is 6.88. The van der Waals surface area contributed by atoms with Crippen molar-refractivity contribution in [1.82, 2.24) is 9.62 Å². The molecule has 1 aromatic heterocycles. The maximum absolute atomic E-state index is 12.4. The summed E-state index contributed by atoms with van der Waals surface area (Å²) in [6, 6.07) is 1.09. The fourth-order valence-electron chi connectivity index (χ4n) is 1.95. The summed E-state index contributed by atoms with van der Waals surface area (Å²) in [5, 5.41) is 3.39. The van der Waals surface area contributed by atoms with E-state index >= 15 is 0 Å². The number of carbonyl (C=O) groups is 1. The van der Waals surface area contributed by atoms with Gasteiger partial charge in [0, 0.05) is 11.9 Å². The van der Waals surface area contributed by atoms with Crippen molar-refractivity contribution in [2.75, 3.05) is 12.8 Å². The molecule has 2 rings (SSSR count). The molecule has 0 saturated carbocycles. The maximum Gasteiger partial charge on any atom is 0.437 e. The molecule has 1 saturated heterocycles. The normalized spacial score (nSPS) is 22.3. The quantitative estimate of drug-likeness (QED) is 0.697. The molecule has 2 heterocycles. The fourth-order valence-corrected chi connectivity index (χ4v) is 5.44. The largest absolute Gasteiger partial charge is 0.442 e. The Hall–Kier alpha value is -0.840. The van der Waals surface area contributed by atoms with Gasteiger partial charge in [-0.3, -0.25) is 0 Å². The van der Waals surface area contributed by atoms with Crippen LogP contribution in [0.5, 0.6) is 0 Å². The molecule has 1 aliphatic rings. The lowest BCUT2D eigenvalue weighted by Gasteiger charge is -2.32. The van der Waals surface area contributed by atoms with Crippen LogP contribution in [0.25, 0.3) is 0 Å². The molecule has 0 bridgehead atoms. The van der Waals surface area contributed by atoms with Crippen LogP contribution >= 0.6 is 38.9 Å². The van der Waals surface area contributed by atoms with Gasteiger partial charge in [0.1, 0.15) is 5.60 Å². The molecule has 0 aliphatic carbocycles. The Morgan fingerprint density at radius 1 is 1.54 bits per heavy atom. The van der Waals surface area contributed by atoms with E-state index in [0.29, 0.717) is 9.90 Å². The monoisotopic (exact) mass is 457 g/mol. The van der Waals surface area contributed by atoms with Crippen LogP contribution < -0.4 is 5.32 Å². The predicted molar refractivity (Wildman–Crippen MR) is 98.1 cm³/mol. The minimum Gasteiger partial charge on any atom is -0.442 e. The lowest BCUT2D eigenvalue weighted by molar-refractivity contribution is 0.0602. The van der Waals surface area contributed by atoms with Crippen molar-refractivity contribution in [1.29, 1.82) is 0 Å². The summed E-state index contributed by atoms with van der Waals surface area (Å²) in [6.07, 6.45) is -0.869. The van der Waals surface area contributed by atoms with Crippen molar-refractivity contribution in [2.24, 2.45) is 4.99 Å². The number of hydrogen-bond acceptors (Lipinski definition) is 5. The van der Waals surface area contributed by atoms with Crippen LogP contribution in [0.3, 0.4) is 0 Å². The molecule has 1 aliphatic heterocycles. The average molecular weight is 459 g/mol. The lowest BCUT2D eigenvalue weighted by atomic mass is 10.2. The van der Waals surface area contributed by atoms with Crippen LogP contribution in [-0.4, -0.2) is 43.2 Å². The first kappa shape index (κ1) is 19.5. The third kappa shape index (κ3) is 4.62. The van der Waals surface area contributed by atoms with Crippen LogP contribution in [0, 0.1) is 0 Å². The van der Waals surface area contributed by atoms with Gasteiger partial charge in [0.05, 0.1) is 20.6 Å². The number of amides is 1. The van der Waals surface area contributed by atoms with E-state index in [1.54, 1.807) is 26.8 Å². The fraction of sp³-hybridized carbons (Fsp3) is 0.538. The minimum atomic E-state index is -3.64. The molecule has 7 nitrogen and oxygen atoms in total. The second-order valence-corrected chi connectivity index (χ2v) is 11.0. The zero-order valence-electron chi connectivity index (χ0n) is 13.5. The number of carbonyl (C=O) groups excluding carboxylic acids is 1. The molecule has 1 atom stereocenters. The van der Waals surface area contributed by atoms with E-state index in [0.717, 1.165) is 8.09 Å². The highest BCUT2D eigenvalue weighted by molar-refractivity contribution is 9.11. The first-order chi connectivity index (χ1) is 10.9. The number of sulfonamides is 1. The molecule has 0 radical (unpaired) electrons. The van der Waals surface area contributed by atoms with Crippen LogP contribution in [0.1, 0.15) is 31.7 Å². The summed E-state index contributed by atoms with van der Waals surface area (Å²) in [6.45, 7) is 5.10. The van der Waals surface area contributed by atoms with Gasteiger partial charge < -0.3 is 10.1 Å². The summed E-state index contributed by atoms with van der Waals surface area (Å²) >= 11 is 10.8. The molecule has 0 spiro atoms. The second-order valence-electron chi connectivity index (χ2n) is 6.12. The molecule has 0 unspecified atom stereocenters. The molecular weight excluding hydrogens is 442 g/mol. The second kappa shape index (κ2) is 6.81. The van der Waals surface area contributed by atoms with E-state index in [2.05, 4.69) is 26.2 Å². The van der Waals surface area contributed by atoms with Gasteiger partial charge in [0.25, 0.3) is 0 Å².